The van der Waals surface area contributed by atoms with E-state index in [0.717, 1.165) is 14.2 Å². The van der Waals surface area contributed by atoms with Crippen molar-refractivity contribution >= 4 is 5.97 Å². The molecule has 0 bridgehead atoms. The number of carbonyl (C=O) groups is 1. The summed E-state index contributed by atoms with van der Waals surface area (Å²) in [6.07, 6.45) is -11.2. The number of hydrogen-bond acceptors (Lipinski definition) is 5. The second kappa shape index (κ2) is 6.28. The maximum Gasteiger partial charge on any atom is 0.574 e. The smallest absolute Gasteiger partial charge is 0.496 e. The molecule has 0 unspecified atom stereocenters. The minimum Gasteiger partial charge on any atom is -0.496 e. The van der Waals surface area contributed by atoms with Crippen molar-refractivity contribution in [1.82, 2.24) is 4.98 Å². The molecule has 0 atom stereocenters. The van der Waals surface area contributed by atoms with E-state index in [2.05, 4.69) is 19.2 Å². The van der Waals surface area contributed by atoms with Crippen molar-refractivity contribution in [3.05, 3.63) is 17.3 Å². The van der Waals surface area contributed by atoms with E-state index in [0.29, 0.717) is 6.07 Å². The molecule has 0 saturated heterocycles. The lowest BCUT2D eigenvalue weighted by atomic mass is 10.1. The molecular formula is C11H9F6NO4. The molecular weight excluding hydrogens is 324 g/mol. The predicted octanol–water partition coefficient (Wildman–Crippen LogP) is 2.72. The van der Waals surface area contributed by atoms with Crippen LogP contribution >= 0.6 is 0 Å². The summed E-state index contributed by atoms with van der Waals surface area (Å²) in [7, 11) is 1.73. The van der Waals surface area contributed by atoms with Crippen LogP contribution < -0.4 is 9.47 Å². The molecule has 5 nitrogen and oxygen atoms in total. The SMILES string of the molecule is COC(=O)Cc1nc(OC(F)(F)F)cc(OC)c1C(F)(F)F. The van der Waals surface area contributed by atoms with Gasteiger partial charge >= 0.3 is 18.5 Å². The number of halogens is 6. The lowest BCUT2D eigenvalue weighted by Gasteiger charge is -2.17. The van der Waals surface area contributed by atoms with E-state index in [-0.39, 0.29) is 0 Å². The highest BCUT2D eigenvalue weighted by Gasteiger charge is 2.40. The van der Waals surface area contributed by atoms with Crippen molar-refractivity contribution in [3.8, 4) is 11.6 Å². The summed E-state index contributed by atoms with van der Waals surface area (Å²) < 4.78 is 87.5. The van der Waals surface area contributed by atoms with Gasteiger partial charge < -0.3 is 14.2 Å². The van der Waals surface area contributed by atoms with Crippen LogP contribution in [0, 0.1) is 0 Å². The maximum atomic E-state index is 13.0. The Labute approximate surface area is 119 Å². The van der Waals surface area contributed by atoms with Crippen LogP contribution in [0.4, 0.5) is 26.3 Å². The number of rotatable bonds is 4. The van der Waals surface area contributed by atoms with Crippen LogP contribution in [0.15, 0.2) is 6.07 Å². The van der Waals surface area contributed by atoms with Gasteiger partial charge in [-0.3, -0.25) is 4.79 Å². The van der Waals surface area contributed by atoms with Gasteiger partial charge in [0.15, 0.2) is 0 Å². The van der Waals surface area contributed by atoms with Gasteiger partial charge in [0.2, 0.25) is 5.88 Å². The highest BCUT2D eigenvalue weighted by Crippen LogP contribution is 2.40. The van der Waals surface area contributed by atoms with Crippen LogP contribution in [0.2, 0.25) is 0 Å². The number of nitrogens with zero attached hydrogens (tertiary/aromatic N) is 1. The maximum absolute atomic E-state index is 13.0. The lowest BCUT2D eigenvalue weighted by Crippen LogP contribution is -2.21. The van der Waals surface area contributed by atoms with Gasteiger partial charge in [-0.25, -0.2) is 4.98 Å². The largest absolute Gasteiger partial charge is 0.574 e. The van der Waals surface area contributed by atoms with Gasteiger partial charge in [0, 0.05) is 6.07 Å². The summed E-state index contributed by atoms with van der Waals surface area (Å²) in [5.41, 5.74) is -2.48. The van der Waals surface area contributed by atoms with Crippen molar-refractivity contribution in [2.45, 2.75) is 19.0 Å². The van der Waals surface area contributed by atoms with Crippen molar-refractivity contribution in [2.75, 3.05) is 14.2 Å². The van der Waals surface area contributed by atoms with Crippen LogP contribution in [0.1, 0.15) is 11.3 Å². The van der Waals surface area contributed by atoms with Gasteiger partial charge in [0.1, 0.15) is 11.3 Å². The number of hydrogen-bond donors (Lipinski definition) is 0. The van der Waals surface area contributed by atoms with E-state index < -0.39 is 47.8 Å². The van der Waals surface area contributed by atoms with Gasteiger partial charge in [-0.1, -0.05) is 0 Å². The number of aromatic nitrogens is 1. The van der Waals surface area contributed by atoms with Crippen molar-refractivity contribution in [3.63, 3.8) is 0 Å². The van der Waals surface area contributed by atoms with Crippen molar-refractivity contribution in [1.29, 1.82) is 0 Å². The van der Waals surface area contributed by atoms with E-state index in [1.807, 2.05) is 0 Å². The average molecular weight is 333 g/mol. The van der Waals surface area contributed by atoms with E-state index in [4.69, 9.17) is 0 Å². The molecule has 0 fully saturated rings. The Morgan fingerprint density at radius 3 is 2.18 bits per heavy atom. The Morgan fingerprint density at radius 1 is 1.18 bits per heavy atom. The second-order valence-corrected chi connectivity index (χ2v) is 3.78. The third-order valence-corrected chi connectivity index (χ3v) is 2.30. The average Bonchev–Trinajstić information content (AvgIpc) is 2.34. The molecule has 0 spiro atoms. The zero-order chi connectivity index (χ0) is 17.1. The van der Waals surface area contributed by atoms with Crippen LogP contribution in [-0.2, 0) is 22.1 Å². The van der Waals surface area contributed by atoms with Crippen LogP contribution in [0.25, 0.3) is 0 Å². The normalized spacial score (nSPS) is 12.0. The molecule has 0 N–H and O–H groups in total. The zero-order valence-electron chi connectivity index (χ0n) is 11.1. The number of esters is 1. The molecule has 0 aliphatic heterocycles. The van der Waals surface area contributed by atoms with Crippen molar-refractivity contribution in [2.24, 2.45) is 0 Å². The first-order chi connectivity index (χ1) is 9.97. The summed E-state index contributed by atoms with van der Waals surface area (Å²) >= 11 is 0. The minimum atomic E-state index is -5.17. The number of pyridine rings is 1. The van der Waals surface area contributed by atoms with Gasteiger partial charge in [0.25, 0.3) is 0 Å². The van der Waals surface area contributed by atoms with Crippen LogP contribution in [0.5, 0.6) is 11.6 Å². The zero-order valence-corrected chi connectivity index (χ0v) is 11.1. The highest BCUT2D eigenvalue weighted by atomic mass is 19.4. The third kappa shape index (κ3) is 4.67. The molecule has 1 rings (SSSR count). The molecule has 0 aliphatic carbocycles. The summed E-state index contributed by atoms with van der Waals surface area (Å²) in [5, 5.41) is 0. The molecule has 0 aliphatic rings. The fourth-order valence-electron chi connectivity index (χ4n) is 1.52. The summed E-state index contributed by atoms with van der Waals surface area (Å²) in [4.78, 5) is 14.2. The standard InChI is InChI=1S/C11H9F6NO4/c1-20-6-4-7(22-11(15,16)17)18-5(3-8(19)21-2)9(6)10(12,13)14/h4H,3H2,1-2H3. The monoisotopic (exact) mass is 333 g/mol. The van der Waals surface area contributed by atoms with E-state index in [1.165, 1.54) is 0 Å². The highest BCUT2D eigenvalue weighted by molar-refractivity contribution is 5.72. The third-order valence-electron chi connectivity index (χ3n) is 2.30. The molecule has 0 saturated carbocycles. The van der Waals surface area contributed by atoms with Gasteiger partial charge in [0.05, 0.1) is 26.3 Å². The molecule has 1 aromatic rings. The van der Waals surface area contributed by atoms with Gasteiger partial charge in [-0.05, 0) is 0 Å². The first kappa shape index (κ1) is 17.9. The fraction of sp³-hybridized carbons (Fsp3) is 0.455. The Bertz CT molecular complexity index is 555. The molecule has 0 amide bonds. The van der Waals surface area contributed by atoms with Gasteiger partial charge in [-0.2, -0.15) is 13.2 Å². The molecule has 1 aromatic heterocycles. The van der Waals surface area contributed by atoms with Crippen LogP contribution in [-0.4, -0.2) is 31.5 Å². The second-order valence-electron chi connectivity index (χ2n) is 3.78. The van der Waals surface area contributed by atoms with Crippen molar-refractivity contribution < 1.29 is 45.3 Å². The quantitative estimate of drug-likeness (QED) is 0.626. The molecule has 1 heterocycles. The predicted molar refractivity (Wildman–Crippen MR) is 58.2 cm³/mol. The first-order valence-electron chi connectivity index (χ1n) is 5.45. The molecule has 124 valence electrons. The van der Waals surface area contributed by atoms with Gasteiger partial charge in [-0.15, -0.1) is 13.2 Å². The van der Waals surface area contributed by atoms with E-state index >= 15 is 0 Å². The molecule has 0 radical (unpaired) electrons. The molecule has 11 heteroatoms. The summed E-state index contributed by atoms with van der Waals surface area (Å²) in [6.45, 7) is 0. The Balaban J connectivity index is 3.45. The topological polar surface area (TPSA) is 57.7 Å². The minimum absolute atomic E-state index is 0.330. The Morgan fingerprint density at radius 2 is 1.77 bits per heavy atom. The fourth-order valence-corrected chi connectivity index (χ4v) is 1.52. The summed E-state index contributed by atoms with van der Waals surface area (Å²) in [6, 6.07) is 0.330. The first-order valence-corrected chi connectivity index (χ1v) is 5.45. The van der Waals surface area contributed by atoms with Crippen LogP contribution in [0.3, 0.4) is 0 Å². The number of alkyl halides is 6. The lowest BCUT2D eigenvalue weighted by molar-refractivity contribution is -0.276. The molecule has 0 aromatic carbocycles. The number of carbonyl (C=O) groups excluding carboxylic acids is 1. The number of methoxy groups -OCH3 is 2. The Hall–Kier alpha value is -2.20. The molecule has 22 heavy (non-hydrogen) atoms. The number of ether oxygens (including phenoxy) is 3. The Kier molecular flexibility index (Phi) is 5.09. The van der Waals surface area contributed by atoms with E-state index in [9.17, 15) is 31.1 Å². The summed E-state index contributed by atoms with van der Waals surface area (Å²) in [5.74, 6) is -3.26. The van der Waals surface area contributed by atoms with E-state index in [1.54, 1.807) is 0 Å².